The third-order valence-electron chi connectivity index (χ3n) is 6.95. The number of imidazole rings is 1. The molecule has 5 aromatic rings. The summed E-state index contributed by atoms with van der Waals surface area (Å²) >= 11 is 1.54. The Kier molecular flexibility index (Phi) is 6.95. The van der Waals surface area contributed by atoms with E-state index in [1.54, 1.807) is 0 Å². The van der Waals surface area contributed by atoms with Gasteiger partial charge in [-0.3, -0.25) is 9.20 Å². The van der Waals surface area contributed by atoms with E-state index in [0.29, 0.717) is 24.6 Å². The lowest BCUT2D eigenvalue weighted by Crippen LogP contribution is -2.25. The monoisotopic (exact) mass is 544 g/mol. The molecule has 0 unspecified atom stereocenters. The Morgan fingerprint density at radius 2 is 1.95 bits per heavy atom. The van der Waals surface area contributed by atoms with Crippen molar-refractivity contribution < 1.29 is 18.8 Å². The van der Waals surface area contributed by atoms with Gasteiger partial charge in [-0.05, 0) is 30.9 Å². The van der Waals surface area contributed by atoms with Crippen LogP contribution in [0.15, 0.2) is 53.2 Å². The fourth-order valence-corrected chi connectivity index (χ4v) is 5.71. The molecule has 1 aromatic carbocycles. The number of aromatic nitrogens is 4. The zero-order valence-corrected chi connectivity index (χ0v) is 23.3. The van der Waals surface area contributed by atoms with Gasteiger partial charge in [0.15, 0.2) is 4.96 Å². The molecule has 8 nitrogen and oxygen atoms in total. The van der Waals surface area contributed by atoms with Crippen LogP contribution in [0.5, 0.6) is 5.88 Å². The van der Waals surface area contributed by atoms with Gasteiger partial charge in [-0.25, -0.2) is 9.97 Å². The number of carbonyl (C=O) groups is 1. The number of thiazole rings is 1. The Bertz CT molecular complexity index is 1600. The van der Waals surface area contributed by atoms with Crippen LogP contribution in [-0.2, 0) is 27.8 Å². The second kappa shape index (κ2) is 10.5. The van der Waals surface area contributed by atoms with Crippen molar-refractivity contribution in [1.82, 2.24) is 19.5 Å². The van der Waals surface area contributed by atoms with Crippen molar-refractivity contribution in [3.8, 4) is 17.1 Å². The van der Waals surface area contributed by atoms with E-state index in [4.69, 9.17) is 24.0 Å². The Labute approximate surface area is 231 Å². The lowest BCUT2D eigenvalue weighted by atomic mass is 9.93. The molecule has 0 saturated carbocycles. The molecule has 1 fully saturated rings. The lowest BCUT2D eigenvalue weighted by Gasteiger charge is -2.22. The lowest BCUT2D eigenvalue weighted by molar-refractivity contribution is -0.117. The summed E-state index contributed by atoms with van der Waals surface area (Å²) in [5.41, 5.74) is 4.40. The molecule has 1 atom stereocenters. The molecule has 0 N–H and O–H groups in total. The molecule has 9 heteroatoms. The summed E-state index contributed by atoms with van der Waals surface area (Å²) in [4.78, 5) is 23.9. The van der Waals surface area contributed by atoms with Crippen LogP contribution in [0.25, 0.3) is 26.6 Å². The molecule has 39 heavy (non-hydrogen) atoms. The van der Waals surface area contributed by atoms with Gasteiger partial charge in [0.25, 0.3) is 0 Å². The van der Waals surface area contributed by atoms with Crippen LogP contribution in [0.2, 0.25) is 0 Å². The maximum atomic E-state index is 12.6. The van der Waals surface area contributed by atoms with Crippen molar-refractivity contribution in [3.05, 3.63) is 65.7 Å². The molecule has 0 spiro atoms. The number of rotatable bonds is 8. The largest absolute Gasteiger partial charge is 0.475 e. The fraction of sp³-hybridized carbons (Fsp3) is 0.400. The molecule has 5 heterocycles. The predicted molar refractivity (Wildman–Crippen MR) is 151 cm³/mol. The zero-order chi connectivity index (χ0) is 27.0. The van der Waals surface area contributed by atoms with Crippen molar-refractivity contribution in [3.63, 3.8) is 0 Å². The van der Waals surface area contributed by atoms with Gasteiger partial charge in [0.2, 0.25) is 5.88 Å². The molecule has 202 valence electrons. The fourth-order valence-electron chi connectivity index (χ4n) is 4.74. The highest BCUT2D eigenvalue weighted by Gasteiger charge is 2.21. The van der Waals surface area contributed by atoms with Crippen molar-refractivity contribution >= 4 is 32.4 Å². The average molecular weight is 545 g/mol. The number of carbonyl (C=O) groups excluding carboxylic acids is 1. The quantitative estimate of drug-likeness (QED) is 0.230. The number of ether oxygens (including phenoxy) is 2. The Morgan fingerprint density at radius 1 is 1.10 bits per heavy atom. The van der Waals surface area contributed by atoms with Crippen molar-refractivity contribution in [2.24, 2.45) is 0 Å². The van der Waals surface area contributed by atoms with Crippen LogP contribution in [0, 0.1) is 0 Å². The van der Waals surface area contributed by atoms with E-state index in [2.05, 4.69) is 30.3 Å². The minimum atomic E-state index is -0.129. The SMILES string of the molecule is CC(C)(C)c1cc(CC(=O)Cc2ccc(-c3cn4c(n3)sc3nc(OC[C@H]5CCCCO5)ccc34)cc2)no1. The number of Topliss-reactive ketones (excluding diaryl/α,β-unsaturated/α-hetero) is 1. The molecule has 0 aliphatic carbocycles. The summed E-state index contributed by atoms with van der Waals surface area (Å²) in [5, 5.41) is 4.07. The first-order valence-electron chi connectivity index (χ1n) is 13.4. The van der Waals surface area contributed by atoms with E-state index < -0.39 is 0 Å². The standard InChI is InChI=1S/C30H32N4O4S/c1-30(2,3)26-16-21(33-38-26)15-22(35)14-19-7-9-20(10-8-19)24-17-34-25-11-12-27(32-28(25)39-29(34)31-24)37-18-23-6-4-5-13-36-23/h7-12,16-17,23H,4-6,13-15,18H2,1-3H3/t23-/m1/s1. The van der Waals surface area contributed by atoms with Gasteiger partial charge in [-0.2, -0.15) is 0 Å². The molecule has 4 aromatic heterocycles. The van der Waals surface area contributed by atoms with Gasteiger partial charge in [0.05, 0.1) is 29.4 Å². The van der Waals surface area contributed by atoms with Gasteiger partial charge in [0.1, 0.15) is 23.0 Å². The summed E-state index contributed by atoms with van der Waals surface area (Å²) in [6, 6.07) is 13.8. The highest BCUT2D eigenvalue weighted by Crippen LogP contribution is 2.30. The minimum absolute atomic E-state index is 0.104. The number of ketones is 1. The number of benzene rings is 1. The third kappa shape index (κ3) is 5.74. The second-order valence-electron chi connectivity index (χ2n) is 11.2. The second-order valence-corrected chi connectivity index (χ2v) is 12.1. The van der Waals surface area contributed by atoms with Gasteiger partial charge in [0, 0.05) is 42.3 Å². The smallest absolute Gasteiger partial charge is 0.214 e. The van der Waals surface area contributed by atoms with Gasteiger partial charge < -0.3 is 14.0 Å². The summed E-state index contributed by atoms with van der Waals surface area (Å²) in [5.74, 6) is 1.51. The van der Waals surface area contributed by atoms with E-state index in [-0.39, 0.29) is 23.7 Å². The summed E-state index contributed by atoms with van der Waals surface area (Å²) in [6.45, 7) is 7.53. The van der Waals surface area contributed by atoms with Gasteiger partial charge >= 0.3 is 0 Å². The van der Waals surface area contributed by atoms with Gasteiger partial charge in [-0.1, -0.05) is 61.5 Å². The summed E-state index contributed by atoms with van der Waals surface area (Å²) < 4.78 is 19.1. The molecule has 0 radical (unpaired) electrons. The van der Waals surface area contributed by atoms with Crippen LogP contribution < -0.4 is 4.74 Å². The molecule has 1 aliphatic rings. The number of hydrogen-bond acceptors (Lipinski definition) is 8. The first-order chi connectivity index (χ1) is 18.8. The first kappa shape index (κ1) is 25.7. The maximum Gasteiger partial charge on any atom is 0.214 e. The van der Waals surface area contributed by atoms with Crippen molar-refractivity contribution in [2.45, 2.75) is 64.4 Å². The van der Waals surface area contributed by atoms with E-state index in [9.17, 15) is 4.79 Å². The Balaban J connectivity index is 1.10. The maximum absolute atomic E-state index is 12.6. The van der Waals surface area contributed by atoms with Crippen LogP contribution in [0.3, 0.4) is 0 Å². The number of hydrogen-bond donors (Lipinski definition) is 0. The molecule has 0 bridgehead atoms. The van der Waals surface area contributed by atoms with Crippen LogP contribution in [-0.4, -0.2) is 44.6 Å². The number of nitrogens with zero attached hydrogens (tertiary/aromatic N) is 4. The van der Waals surface area contributed by atoms with Crippen LogP contribution >= 0.6 is 11.3 Å². The van der Waals surface area contributed by atoms with E-state index in [1.807, 2.05) is 48.7 Å². The predicted octanol–water partition coefficient (Wildman–Crippen LogP) is 6.20. The normalized spacial score (nSPS) is 16.2. The van der Waals surface area contributed by atoms with E-state index in [0.717, 1.165) is 57.3 Å². The molecule has 1 saturated heterocycles. The Morgan fingerprint density at radius 3 is 2.69 bits per heavy atom. The Hall–Kier alpha value is -3.56. The van der Waals surface area contributed by atoms with Crippen LogP contribution in [0.4, 0.5) is 0 Å². The third-order valence-corrected chi connectivity index (χ3v) is 7.92. The van der Waals surface area contributed by atoms with Crippen molar-refractivity contribution in [2.75, 3.05) is 13.2 Å². The molecular weight excluding hydrogens is 512 g/mol. The summed E-state index contributed by atoms with van der Waals surface area (Å²) in [7, 11) is 0. The molecular formula is C30H32N4O4S. The molecule has 0 amide bonds. The van der Waals surface area contributed by atoms with E-state index >= 15 is 0 Å². The minimum Gasteiger partial charge on any atom is -0.475 e. The highest BCUT2D eigenvalue weighted by molar-refractivity contribution is 7.23. The average Bonchev–Trinajstić information content (AvgIpc) is 3.63. The van der Waals surface area contributed by atoms with E-state index in [1.165, 1.54) is 17.8 Å². The molecule has 1 aliphatic heterocycles. The number of fused-ring (bicyclic) bond motifs is 3. The van der Waals surface area contributed by atoms with Crippen molar-refractivity contribution in [1.29, 1.82) is 0 Å². The van der Waals surface area contributed by atoms with Crippen LogP contribution in [0.1, 0.15) is 57.1 Å². The topological polar surface area (TPSA) is 91.8 Å². The number of pyridine rings is 1. The zero-order valence-electron chi connectivity index (χ0n) is 22.5. The molecule has 6 rings (SSSR count). The van der Waals surface area contributed by atoms with Gasteiger partial charge in [-0.15, -0.1) is 0 Å². The summed E-state index contributed by atoms with van der Waals surface area (Å²) in [6.07, 6.45) is 6.16. The first-order valence-corrected chi connectivity index (χ1v) is 14.2. The highest BCUT2D eigenvalue weighted by atomic mass is 32.1.